The van der Waals surface area contributed by atoms with Crippen LogP contribution in [0, 0.1) is 0 Å². The van der Waals surface area contributed by atoms with Gasteiger partial charge in [0.2, 0.25) is 10.0 Å². The number of aromatic nitrogens is 1. The van der Waals surface area contributed by atoms with Crippen LogP contribution in [0.4, 0.5) is 0 Å². The molecule has 6 heteroatoms. The van der Waals surface area contributed by atoms with E-state index in [9.17, 15) is 8.42 Å². The minimum Gasteiger partial charge on any atom is -0.383 e. The average Bonchev–Trinajstić information content (AvgIpc) is 2.59. The van der Waals surface area contributed by atoms with Gasteiger partial charge in [0.05, 0.1) is 11.5 Å². The molecule has 0 saturated heterocycles. The first-order chi connectivity index (χ1) is 11.4. The largest absolute Gasteiger partial charge is 0.383 e. The monoisotopic (exact) mass is 348 g/mol. The summed E-state index contributed by atoms with van der Waals surface area (Å²) in [4.78, 5) is 4.27. The summed E-state index contributed by atoms with van der Waals surface area (Å²) in [6.45, 7) is 5.09. The van der Waals surface area contributed by atoms with E-state index in [0.29, 0.717) is 30.5 Å². The van der Waals surface area contributed by atoms with Gasteiger partial charge in [0.15, 0.2) is 0 Å². The van der Waals surface area contributed by atoms with Crippen LogP contribution in [0.15, 0.2) is 53.7 Å². The first kappa shape index (κ1) is 18.6. The third-order valence-corrected chi connectivity index (χ3v) is 5.70. The molecule has 0 bridgehead atoms. The first-order valence-corrected chi connectivity index (χ1v) is 9.37. The zero-order valence-corrected chi connectivity index (χ0v) is 15.2. The molecular formula is C18H24N2O3S. The summed E-state index contributed by atoms with van der Waals surface area (Å²) in [7, 11) is -2.02. The quantitative estimate of drug-likeness (QED) is 0.736. The van der Waals surface area contributed by atoms with E-state index in [0.717, 1.165) is 11.1 Å². The van der Waals surface area contributed by atoms with Gasteiger partial charge in [0.1, 0.15) is 0 Å². The van der Waals surface area contributed by atoms with Crippen molar-refractivity contribution in [1.29, 1.82) is 0 Å². The fourth-order valence-corrected chi connectivity index (χ4v) is 3.76. The van der Waals surface area contributed by atoms with Crippen molar-refractivity contribution in [2.24, 2.45) is 0 Å². The van der Waals surface area contributed by atoms with Crippen LogP contribution in [0.25, 0.3) is 0 Å². The van der Waals surface area contributed by atoms with Crippen molar-refractivity contribution in [3.05, 3.63) is 59.9 Å². The molecule has 0 radical (unpaired) electrons. The maximum Gasteiger partial charge on any atom is 0.243 e. The smallest absolute Gasteiger partial charge is 0.243 e. The predicted octanol–water partition coefficient (Wildman–Crippen LogP) is 3.04. The highest BCUT2D eigenvalue weighted by Gasteiger charge is 2.24. The summed E-state index contributed by atoms with van der Waals surface area (Å²) >= 11 is 0. The minimum atomic E-state index is -3.58. The average molecular weight is 348 g/mol. The summed E-state index contributed by atoms with van der Waals surface area (Å²) in [6, 6.07) is 10.7. The van der Waals surface area contributed by atoms with E-state index in [4.69, 9.17) is 4.74 Å². The molecule has 0 unspecified atom stereocenters. The third kappa shape index (κ3) is 4.63. The van der Waals surface area contributed by atoms with Crippen molar-refractivity contribution in [3.8, 4) is 0 Å². The maximum atomic E-state index is 13.0. The van der Waals surface area contributed by atoms with Gasteiger partial charge in [-0.2, -0.15) is 4.31 Å². The van der Waals surface area contributed by atoms with E-state index in [1.54, 1.807) is 31.6 Å². The maximum absolute atomic E-state index is 13.0. The van der Waals surface area contributed by atoms with Crippen molar-refractivity contribution in [2.45, 2.75) is 31.2 Å². The van der Waals surface area contributed by atoms with Crippen molar-refractivity contribution >= 4 is 10.0 Å². The van der Waals surface area contributed by atoms with Crippen LogP contribution in [0.5, 0.6) is 0 Å². The molecule has 0 spiro atoms. The van der Waals surface area contributed by atoms with Crippen LogP contribution in [0.2, 0.25) is 0 Å². The van der Waals surface area contributed by atoms with E-state index >= 15 is 0 Å². The van der Waals surface area contributed by atoms with E-state index in [2.05, 4.69) is 18.8 Å². The topological polar surface area (TPSA) is 59.5 Å². The van der Waals surface area contributed by atoms with E-state index in [1.807, 2.05) is 24.3 Å². The zero-order chi connectivity index (χ0) is 17.6. The summed E-state index contributed by atoms with van der Waals surface area (Å²) in [6.07, 6.45) is 3.32. The predicted molar refractivity (Wildman–Crippen MR) is 94.2 cm³/mol. The van der Waals surface area contributed by atoms with Gasteiger partial charge in [-0.25, -0.2) is 8.42 Å². The van der Waals surface area contributed by atoms with Crippen molar-refractivity contribution in [2.75, 3.05) is 20.3 Å². The summed E-state index contributed by atoms with van der Waals surface area (Å²) < 4.78 is 32.5. The molecule has 130 valence electrons. The van der Waals surface area contributed by atoms with Crippen LogP contribution in [-0.2, 0) is 21.3 Å². The normalized spacial score (nSPS) is 12.0. The highest BCUT2D eigenvalue weighted by molar-refractivity contribution is 7.89. The fourth-order valence-electron chi connectivity index (χ4n) is 2.34. The third-order valence-electron chi connectivity index (χ3n) is 3.84. The highest BCUT2D eigenvalue weighted by Crippen LogP contribution is 2.21. The second-order valence-electron chi connectivity index (χ2n) is 5.91. The SMILES string of the molecule is COCCN(Cc1ccncc1)S(=O)(=O)c1ccc(C(C)C)cc1. The molecule has 2 aromatic rings. The molecule has 0 saturated carbocycles. The molecule has 24 heavy (non-hydrogen) atoms. The number of rotatable bonds is 8. The molecule has 0 atom stereocenters. The Kier molecular flexibility index (Phi) is 6.48. The lowest BCUT2D eigenvalue weighted by molar-refractivity contribution is 0.177. The number of nitrogens with zero attached hydrogens (tertiary/aromatic N) is 2. The number of sulfonamides is 1. The highest BCUT2D eigenvalue weighted by atomic mass is 32.2. The molecule has 0 aliphatic rings. The van der Waals surface area contributed by atoms with Crippen LogP contribution >= 0.6 is 0 Å². The van der Waals surface area contributed by atoms with E-state index in [-0.39, 0.29) is 0 Å². The fraction of sp³-hybridized carbons (Fsp3) is 0.389. The van der Waals surface area contributed by atoms with E-state index in [1.165, 1.54) is 4.31 Å². The molecule has 5 nitrogen and oxygen atoms in total. The number of ether oxygens (including phenoxy) is 1. The summed E-state index contributed by atoms with van der Waals surface area (Å²) in [5.74, 6) is 0.364. The van der Waals surface area contributed by atoms with Crippen LogP contribution in [0.1, 0.15) is 30.9 Å². The molecule has 1 aromatic heterocycles. The second-order valence-corrected chi connectivity index (χ2v) is 7.85. The molecule has 0 N–H and O–H groups in total. The zero-order valence-electron chi connectivity index (χ0n) is 14.3. The van der Waals surface area contributed by atoms with Gasteiger partial charge in [-0.05, 0) is 41.3 Å². The van der Waals surface area contributed by atoms with Gasteiger partial charge in [-0.1, -0.05) is 26.0 Å². The molecule has 0 aliphatic carbocycles. The number of benzene rings is 1. The lowest BCUT2D eigenvalue weighted by Crippen LogP contribution is -2.33. The Bertz CT molecular complexity index is 729. The minimum absolute atomic E-state index is 0.292. The van der Waals surface area contributed by atoms with Crippen molar-refractivity contribution in [1.82, 2.24) is 9.29 Å². The Morgan fingerprint density at radius 1 is 1.08 bits per heavy atom. The summed E-state index contributed by atoms with van der Waals surface area (Å²) in [5.41, 5.74) is 2.01. The van der Waals surface area contributed by atoms with Gasteiger partial charge in [0, 0.05) is 32.6 Å². The number of methoxy groups -OCH3 is 1. The number of pyridine rings is 1. The van der Waals surface area contributed by atoms with Crippen molar-refractivity contribution in [3.63, 3.8) is 0 Å². The Labute approximate surface area is 144 Å². The molecule has 1 aromatic carbocycles. The Morgan fingerprint density at radius 3 is 2.25 bits per heavy atom. The van der Waals surface area contributed by atoms with Crippen molar-refractivity contribution < 1.29 is 13.2 Å². The molecule has 2 rings (SSSR count). The van der Waals surface area contributed by atoms with Gasteiger partial charge >= 0.3 is 0 Å². The summed E-state index contributed by atoms with van der Waals surface area (Å²) in [5, 5.41) is 0. The van der Waals surface area contributed by atoms with Gasteiger partial charge < -0.3 is 4.74 Å². The lowest BCUT2D eigenvalue weighted by Gasteiger charge is -2.22. The van der Waals surface area contributed by atoms with Crippen LogP contribution < -0.4 is 0 Å². The molecule has 0 amide bonds. The number of hydrogen-bond donors (Lipinski definition) is 0. The first-order valence-electron chi connectivity index (χ1n) is 7.93. The Hall–Kier alpha value is -1.76. The van der Waals surface area contributed by atoms with Crippen LogP contribution in [0.3, 0.4) is 0 Å². The molecular weight excluding hydrogens is 324 g/mol. The van der Waals surface area contributed by atoms with Gasteiger partial charge in [-0.3, -0.25) is 4.98 Å². The molecule has 0 aliphatic heterocycles. The Morgan fingerprint density at radius 2 is 1.71 bits per heavy atom. The van der Waals surface area contributed by atoms with Gasteiger partial charge in [-0.15, -0.1) is 0 Å². The van der Waals surface area contributed by atoms with Gasteiger partial charge in [0.25, 0.3) is 0 Å². The van der Waals surface area contributed by atoms with Crippen LogP contribution in [-0.4, -0.2) is 38.0 Å². The standard InChI is InChI=1S/C18H24N2O3S/c1-15(2)17-4-6-18(7-5-17)24(21,22)20(12-13-23-3)14-16-8-10-19-11-9-16/h4-11,15H,12-14H2,1-3H3. The lowest BCUT2D eigenvalue weighted by atomic mass is 10.0. The Balaban J connectivity index is 2.28. The molecule has 1 heterocycles. The molecule has 0 fully saturated rings. The number of hydrogen-bond acceptors (Lipinski definition) is 4. The van der Waals surface area contributed by atoms with E-state index < -0.39 is 10.0 Å². The second kappa shape index (κ2) is 8.37.